The number of hydrogen-bond donors (Lipinski definition) is 1. The lowest BCUT2D eigenvalue weighted by Crippen LogP contribution is -2.32. The van der Waals surface area contributed by atoms with Gasteiger partial charge in [0.25, 0.3) is 0 Å². The van der Waals surface area contributed by atoms with Crippen molar-refractivity contribution in [3.63, 3.8) is 0 Å². The van der Waals surface area contributed by atoms with Crippen LogP contribution < -0.4 is 10.2 Å². The highest BCUT2D eigenvalue weighted by molar-refractivity contribution is 6.30. The van der Waals surface area contributed by atoms with Crippen LogP contribution in [-0.2, 0) is 16.1 Å². The third kappa shape index (κ3) is 3.77. The first kappa shape index (κ1) is 16.5. The smallest absolute Gasteiger partial charge is 0.227 e. The van der Waals surface area contributed by atoms with Gasteiger partial charge in [-0.05, 0) is 42.3 Å². The lowest BCUT2D eigenvalue weighted by atomic mass is 10.1. The molecule has 4 nitrogen and oxygen atoms in total. The Balaban J connectivity index is 1.61. The first-order valence-corrected chi connectivity index (χ1v) is 8.30. The molecule has 1 aliphatic rings. The Kier molecular flexibility index (Phi) is 4.86. The predicted molar refractivity (Wildman–Crippen MR) is 94.9 cm³/mol. The zero-order chi connectivity index (χ0) is 17.1. The van der Waals surface area contributed by atoms with E-state index in [1.165, 1.54) is 0 Å². The highest BCUT2D eigenvalue weighted by atomic mass is 35.5. The summed E-state index contributed by atoms with van der Waals surface area (Å²) in [5.74, 6) is -0.431. The van der Waals surface area contributed by atoms with Gasteiger partial charge in [-0.15, -0.1) is 0 Å². The molecule has 124 valence electrons. The number of benzene rings is 2. The monoisotopic (exact) mass is 342 g/mol. The van der Waals surface area contributed by atoms with Crippen molar-refractivity contribution in [3.05, 3.63) is 64.7 Å². The van der Waals surface area contributed by atoms with E-state index in [9.17, 15) is 9.59 Å². The summed E-state index contributed by atoms with van der Waals surface area (Å²) in [6.45, 7) is 2.82. The summed E-state index contributed by atoms with van der Waals surface area (Å²) in [7, 11) is 0. The maximum Gasteiger partial charge on any atom is 0.227 e. The van der Waals surface area contributed by atoms with Crippen LogP contribution in [0.5, 0.6) is 0 Å². The summed E-state index contributed by atoms with van der Waals surface area (Å²) in [5, 5.41) is 3.54. The number of carbonyl (C=O) groups is 2. The van der Waals surface area contributed by atoms with E-state index in [4.69, 9.17) is 11.6 Å². The number of hydrogen-bond acceptors (Lipinski definition) is 2. The van der Waals surface area contributed by atoms with Crippen LogP contribution in [0.1, 0.15) is 17.5 Å². The van der Waals surface area contributed by atoms with E-state index in [1.807, 2.05) is 49.4 Å². The van der Waals surface area contributed by atoms with Crippen LogP contribution in [0.25, 0.3) is 0 Å². The molecule has 0 radical (unpaired) electrons. The van der Waals surface area contributed by atoms with Crippen LogP contribution in [0.2, 0.25) is 5.02 Å². The molecule has 0 aromatic heterocycles. The van der Waals surface area contributed by atoms with Crippen LogP contribution in [0.3, 0.4) is 0 Å². The zero-order valence-electron chi connectivity index (χ0n) is 13.5. The second-order valence-electron chi connectivity index (χ2n) is 6.09. The summed E-state index contributed by atoms with van der Waals surface area (Å²) in [6, 6.07) is 15.1. The first-order chi connectivity index (χ1) is 11.5. The molecule has 2 aromatic rings. The van der Waals surface area contributed by atoms with Crippen molar-refractivity contribution in [2.24, 2.45) is 5.92 Å². The Morgan fingerprint density at radius 3 is 2.79 bits per heavy atom. The van der Waals surface area contributed by atoms with Crippen LogP contribution in [0.15, 0.2) is 48.5 Å². The highest BCUT2D eigenvalue weighted by Crippen LogP contribution is 2.26. The number of halogens is 1. The van der Waals surface area contributed by atoms with Crippen LogP contribution >= 0.6 is 11.6 Å². The SMILES string of the molecule is Cc1cccc(N2C[C@@H](C(=O)NCc3cccc(Cl)c3)CC2=O)c1. The Bertz CT molecular complexity index is 775. The van der Waals surface area contributed by atoms with Crippen LogP contribution in [0, 0.1) is 12.8 Å². The minimum atomic E-state index is -0.322. The van der Waals surface area contributed by atoms with Gasteiger partial charge in [0.05, 0.1) is 5.92 Å². The number of nitrogens with one attached hydrogen (secondary N) is 1. The molecule has 1 heterocycles. The molecule has 1 saturated heterocycles. The number of carbonyl (C=O) groups excluding carboxylic acids is 2. The van der Waals surface area contributed by atoms with Crippen molar-refractivity contribution >= 4 is 29.1 Å². The number of nitrogens with zero attached hydrogens (tertiary/aromatic N) is 1. The number of aryl methyl sites for hydroxylation is 1. The van der Waals surface area contributed by atoms with Gasteiger partial charge in [-0.2, -0.15) is 0 Å². The Labute approximate surface area is 146 Å². The summed E-state index contributed by atoms with van der Waals surface area (Å²) in [5.41, 5.74) is 2.88. The van der Waals surface area contributed by atoms with Crippen molar-refractivity contribution in [2.45, 2.75) is 19.9 Å². The molecule has 0 aliphatic carbocycles. The number of amides is 2. The van der Waals surface area contributed by atoms with Gasteiger partial charge in [-0.1, -0.05) is 35.9 Å². The van der Waals surface area contributed by atoms with Gasteiger partial charge in [0.15, 0.2) is 0 Å². The minimum absolute atomic E-state index is 0.0106. The second kappa shape index (κ2) is 7.05. The van der Waals surface area contributed by atoms with E-state index < -0.39 is 0 Å². The van der Waals surface area contributed by atoms with Gasteiger partial charge in [-0.25, -0.2) is 0 Å². The molecule has 1 atom stereocenters. The average molecular weight is 343 g/mol. The van der Waals surface area contributed by atoms with Crippen molar-refractivity contribution in [1.29, 1.82) is 0 Å². The normalized spacial score (nSPS) is 17.2. The fourth-order valence-electron chi connectivity index (χ4n) is 2.91. The average Bonchev–Trinajstić information content (AvgIpc) is 2.95. The van der Waals surface area contributed by atoms with E-state index in [-0.39, 0.29) is 24.2 Å². The molecule has 1 aliphatic heterocycles. The minimum Gasteiger partial charge on any atom is -0.352 e. The van der Waals surface area contributed by atoms with Gasteiger partial charge in [0.1, 0.15) is 0 Å². The fraction of sp³-hybridized carbons (Fsp3) is 0.263. The van der Waals surface area contributed by atoms with Crippen LogP contribution in [0.4, 0.5) is 5.69 Å². The van der Waals surface area contributed by atoms with E-state index in [1.54, 1.807) is 11.0 Å². The van der Waals surface area contributed by atoms with Crippen LogP contribution in [-0.4, -0.2) is 18.4 Å². The van der Waals surface area contributed by atoms with Gasteiger partial charge in [0, 0.05) is 30.2 Å². The maximum atomic E-state index is 12.4. The third-order valence-corrected chi connectivity index (χ3v) is 4.40. The third-order valence-electron chi connectivity index (χ3n) is 4.16. The molecular formula is C19H19ClN2O2. The van der Waals surface area contributed by atoms with Crippen molar-refractivity contribution < 1.29 is 9.59 Å². The van der Waals surface area contributed by atoms with E-state index in [0.717, 1.165) is 16.8 Å². The van der Waals surface area contributed by atoms with E-state index in [2.05, 4.69) is 5.32 Å². The van der Waals surface area contributed by atoms with Gasteiger partial charge in [-0.3, -0.25) is 9.59 Å². The van der Waals surface area contributed by atoms with Crippen molar-refractivity contribution in [3.8, 4) is 0 Å². The molecule has 1 N–H and O–H groups in total. The van der Waals surface area contributed by atoms with Crippen molar-refractivity contribution in [1.82, 2.24) is 5.32 Å². The van der Waals surface area contributed by atoms with E-state index >= 15 is 0 Å². The molecule has 0 spiro atoms. The van der Waals surface area contributed by atoms with Gasteiger partial charge < -0.3 is 10.2 Å². The molecule has 0 unspecified atom stereocenters. The second-order valence-corrected chi connectivity index (χ2v) is 6.53. The highest BCUT2D eigenvalue weighted by Gasteiger charge is 2.34. The topological polar surface area (TPSA) is 49.4 Å². The predicted octanol–water partition coefficient (Wildman–Crippen LogP) is 3.32. The Morgan fingerprint density at radius 2 is 2.04 bits per heavy atom. The fourth-order valence-corrected chi connectivity index (χ4v) is 3.12. The van der Waals surface area contributed by atoms with Crippen molar-refractivity contribution in [2.75, 3.05) is 11.4 Å². The summed E-state index contributed by atoms with van der Waals surface area (Å²) in [6.07, 6.45) is 0.245. The lowest BCUT2D eigenvalue weighted by Gasteiger charge is -2.17. The van der Waals surface area contributed by atoms with Gasteiger partial charge in [0.2, 0.25) is 11.8 Å². The molecule has 1 fully saturated rings. The molecule has 5 heteroatoms. The lowest BCUT2D eigenvalue weighted by molar-refractivity contribution is -0.126. The van der Waals surface area contributed by atoms with Gasteiger partial charge >= 0.3 is 0 Å². The zero-order valence-corrected chi connectivity index (χ0v) is 14.2. The molecule has 2 aromatic carbocycles. The summed E-state index contributed by atoms with van der Waals surface area (Å²) in [4.78, 5) is 26.3. The summed E-state index contributed by atoms with van der Waals surface area (Å²) >= 11 is 5.94. The molecule has 3 rings (SSSR count). The molecule has 2 amide bonds. The maximum absolute atomic E-state index is 12.4. The quantitative estimate of drug-likeness (QED) is 0.926. The Morgan fingerprint density at radius 1 is 1.25 bits per heavy atom. The number of rotatable bonds is 4. The molecular weight excluding hydrogens is 324 g/mol. The number of anilines is 1. The summed E-state index contributed by atoms with van der Waals surface area (Å²) < 4.78 is 0. The largest absolute Gasteiger partial charge is 0.352 e. The molecule has 0 saturated carbocycles. The van der Waals surface area contributed by atoms with E-state index in [0.29, 0.717) is 18.1 Å². The standard InChI is InChI=1S/C19H19ClN2O2/c1-13-4-2-7-17(8-13)22-12-15(10-18(22)23)19(24)21-11-14-5-3-6-16(20)9-14/h2-9,15H,10-12H2,1H3,(H,21,24)/t15-/m0/s1. The molecule has 24 heavy (non-hydrogen) atoms. The first-order valence-electron chi connectivity index (χ1n) is 7.92. The molecule has 0 bridgehead atoms. The Hall–Kier alpha value is -2.33.